The van der Waals surface area contributed by atoms with Gasteiger partial charge in [0, 0.05) is 17.5 Å². The minimum Gasteiger partial charge on any atom is -0.481 e. The summed E-state index contributed by atoms with van der Waals surface area (Å²) in [5.41, 5.74) is 6.17. The number of aliphatic carboxylic acids is 1. The van der Waals surface area contributed by atoms with Crippen LogP contribution >= 0.6 is 11.6 Å². The lowest BCUT2D eigenvalue weighted by molar-refractivity contribution is -0.136. The Labute approximate surface area is 197 Å². The molecule has 168 valence electrons. The molecule has 0 saturated carbocycles. The van der Waals surface area contributed by atoms with Gasteiger partial charge in [-0.3, -0.25) is 4.79 Å². The van der Waals surface area contributed by atoms with Crippen LogP contribution in [0.2, 0.25) is 5.02 Å². The van der Waals surface area contributed by atoms with Gasteiger partial charge in [-0.05, 0) is 51.9 Å². The van der Waals surface area contributed by atoms with E-state index in [2.05, 4.69) is 29.6 Å². The summed E-state index contributed by atoms with van der Waals surface area (Å²) in [6.07, 6.45) is 3.74. The maximum absolute atomic E-state index is 12.2. The second kappa shape index (κ2) is 10.4. The molecule has 6 heteroatoms. The van der Waals surface area contributed by atoms with E-state index < -0.39 is 12.1 Å². The first-order valence-corrected chi connectivity index (χ1v) is 11.2. The Morgan fingerprint density at radius 3 is 2.33 bits per heavy atom. The van der Waals surface area contributed by atoms with E-state index in [4.69, 9.17) is 21.4 Å². The normalized spacial score (nSPS) is 12.4. The lowest BCUT2D eigenvalue weighted by Crippen LogP contribution is -2.26. The molecule has 1 aliphatic rings. The summed E-state index contributed by atoms with van der Waals surface area (Å²) < 4.78 is 5.53. The first-order valence-electron chi connectivity index (χ1n) is 10.8. The topological polar surface area (TPSA) is 75.6 Å². The van der Waals surface area contributed by atoms with Crippen molar-refractivity contribution in [3.05, 3.63) is 100 Å². The number of carbonyl (C=O) groups is 2. The van der Waals surface area contributed by atoms with Crippen LogP contribution in [0.15, 0.2) is 72.8 Å². The number of rotatable bonds is 8. The molecule has 1 aliphatic carbocycles. The largest absolute Gasteiger partial charge is 0.481 e. The van der Waals surface area contributed by atoms with Crippen LogP contribution in [-0.2, 0) is 16.0 Å². The fourth-order valence-electron chi connectivity index (χ4n) is 4.16. The number of carboxylic acids is 1. The predicted octanol–water partition coefficient (Wildman–Crippen LogP) is 5.91. The molecule has 0 aromatic heterocycles. The number of hydrogen-bond acceptors (Lipinski definition) is 3. The van der Waals surface area contributed by atoms with Gasteiger partial charge in [-0.15, -0.1) is 0 Å². The van der Waals surface area contributed by atoms with Crippen molar-refractivity contribution in [1.29, 1.82) is 0 Å². The maximum atomic E-state index is 12.2. The van der Waals surface area contributed by atoms with Crippen LogP contribution < -0.4 is 5.32 Å². The fourth-order valence-corrected chi connectivity index (χ4v) is 4.34. The lowest BCUT2D eigenvalue weighted by atomic mass is 9.98. The number of nitrogens with one attached hydrogen (secondary N) is 1. The molecule has 1 amide bonds. The van der Waals surface area contributed by atoms with Crippen molar-refractivity contribution in [2.75, 3.05) is 13.2 Å². The van der Waals surface area contributed by atoms with Crippen LogP contribution in [0.3, 0.4) is 0 Å². The zero-order valence-electron chi connectivity index (χ0n) is 18.0. The first-order chi connectivity index (χ1) is 16.0. The molecule has 3 aromatic carbocycles. The smallest absolute Gasteiger partial charge is 0.407 e. The van der Waals surface area contributed by atoms with Gasteiger partial charge in [0.2, 0.25) is 0 Å². The van der Waals surface area contributed by atoms with Gasteiger partial charge >= 0.3 is 12.1 Å². The van der Waals surface area contributed by atoms with Crippen LogP contribution in [0.5, 0.6) is 0 Å². The van der Waals surface area contributed by atoms with Gasteiger partial charge in [0.1, 0.15) is 6.61 Å². The van der Waals surface area contributed by atoms with Crippen molar-refractivity contribution < 1.29 is 19.4 Å². The molecule has 4 rings (SSSR count). The fraction of sp³-hybridized carbons (Fsp3) is 0.185. The third-order valence-corrected chi connectivity index (χ3v) is 5.91. The summed E-state index contributed by atoms with van der Waals surface area (Å²) in [7, 11) is 0. The van der Waals surface area contributed by atoms with Crippen molar-refractivity contribution in [3.63, 3.8) is 0 Å². The monoisotopic (exact) mass is 461 g/mol. The zero-order valence-corrected chi connectivity index (χ0v) is 18.7. The second-order valence-corrected chi connectivity index (χ2v) is 8.29. The van der Waals surface area contributed by atoms with E-state index >= 15 is 0 Å². The Bertz CT molecular complexity index is 1160. The Balaban J connectivity index is 1.28. The van der Waals surface area contributed by atoms with Gasteiger partial charge in [0.05, 0.1) is 6.42 Å². The Kier molecular flexibility index (Phi) is 7.10. The molecule has 0 radical (unpaired) electrons. The highest BCUT2D eigenvalue weighted by molar-refractivity contribution is 6.30. The molecular formula is C27H24ClNO4. The molecule has 0 unspecified atom stereocenters. The summed E-state index contributed by atoms with van der Waals surface area (Å²) in [4.78, 5) is 23.3. The molecule has 0 aliphatic heterocycles. The van der Waals surface area contributed by atoms with Crippen LogP contribution in [0.4, 0.5) is 4.79 Å². The SMILES string of the molecule is O=C(O)Cc1ccc(Cl)cc1C=CCCNC(=O)OCC1c2ccccc2-c2ccccc21. The first kappa shape index (κ1) is 22.6. The van der Waals surface area contributed by atoms with Gasteiger partial charge in [0.15, 0.2) is 0 Å². The molecule has 0 bridgehead atoms. The molecule has 3 aromatic rings. The highest BCUT2D eigenvalue weighted by Gasteiger charge is 2.28. The van der Waals surface area contributed by atoms with E-state index in [0.717, 1.165) is 5.56 Å². The summed E-state index contributed by atoms with van der Waals surface area (Å²) in [6, 6.07) is 21.5. The van der Waals surface area contributed by atoms with E-state index in [9.17, 15) is 9.59 Å². The number of benzene rings is 3. The molecule has 33 heavy (non-hydrogen) atoms. The molecular weight excluding hydrogens is 438 g/mol. The van der Waals surface area contributed by atoms with Crippen molar-refractivity contribution in [2.45, 2.75) is 18.8 Å². The highest BCUT2D eigenvalue weighted by Crippen LogP contribution is 2.44. The number of amides is 1. The van der Waals surface area contributed by atoms with E-state index in [-0.39, 0.29) is 18.9 Å². The molecule has 0 fully saturated rings. The Morgan fingerprint density at radius 2 is 1.67 bits per heavy atom. The average Bonchev–Trinajstić information content (AvgIpc) is 3.12. The second-order valence-electron chi connectivity index (χ2n) is 7.86. The van der Waals surface area contributed by atoms with E-state index in [1.165, 1.54) is 22.3 Å². The molecule has 0 heterocycles. The van der Waals surface area contributed by atoms with Gasteiger partial charge < -0.3 is 15.2 Å². The van der Waals surface area contributed by atoms with Crippen molar-refractivity contribution in [2.24, 2.45) is 0 Å². The third-order valence-electron chi connectivity index (χ3n) is 5.67. The molecule has 0 atom stereocenters. The number of carbonyl (C=O) groups excluding carboxylic acids is 1. The summed E-state index contributed by atoms with van der Waals surface area (Å²) in [6.45, 7) is 0.679. The number of hydrogen-bond donors (Lipinski definition) is 2. The zero-order chi connectivity index (χ0) is 23.2. The van der Waals surface area contributed by atoms with E-state index in [1.54, 1.807) is 18.2 Å². The third kappa shape index (κ3) is 5.44. The Hall–Kier alpha value is -3.57. The van der Waals surface area contributed by atoms with Gasteiger partial charge in [0.25, 0.3) is 0 Å². The van der Waals surface area contributed by atoms with Crippen molar-refractivity contribution >= 4 is 29.7 Å². The van der Waals surface area contributed by atoms with Crippen LogP contribution in [0, 0.1) is 0 Å². The Morgan fingerprint density at radius 1 is 1.00 bits per heavy atom. The average molecular weight is 462 g/mol. The number of fused-ring (bicyclic) bond motifs is 3. The van der Waals surface area contributed by atoms with Gasteiger partial charge in [-0.1, -0.05) is 78.4 Å². The molecule has 2 N–H and O–H groups in total. The number of carboxylic acid groups (broad SMARTS) is 1. The number of ether oxygens (including phenoxy) is 1. The van der Waals surface area contributed by atoms with Crippen LogP contribution in [-0.4, -0.2) is 30.3 Å². The van der Waals surface area contributed by atoms with Crippen molar-refractivity contribution in [1.82, 2.24) is 5.32 Å². The highest BCUT2D eigenvalue weighted by atomic mass is 35.5. The predicted molar refractivity (Wildman–Crippen MR) is 130 cm³/mol. The number of halogens is 1. The lowest BCUT2D eigenvalue weighted by Gasteiger charge is -2.14. The standard InChI is InChI=1S/C27H24ClNO4/c28-20-13-12-19(16-26(30)31)18(15-20)7-5-6-14-29-27(32)33-17-25-23-10-3-1-8-21(23)22-9-2-4-11-24(22)25/h1-5,7-13,15,25H,6,14,16-17H2,(H,29,32)(H,30,31). The van der Waals surface area contributed by atoms with Crippen LogP contribution in [0.25, 0.3) is 17.2 Å². The minimum absolute atomic E-state index is 0.0264. The quantitative estimate of drug-likeness (QED) is 0.409. The maximum Gasteiger partial charge on any atom is 0.407 e. The van der Waals surface area contributed by atoms with Crippen molar-refractivity contribution in [3.8, 4) is 11.1 Å². The molecule has 5 nitrogen and oxygen atoms in total. The van der Waals surface area contributed by atoms with Gasteiger partial charge in [-0.2, -0.15) is 0 Å². The summed E-state index contributed by atoms with van der Waals surface area (Å²) in [5, 5.41) is 12.4. The van der Waals surface area contributed by atoms with Gasteiger partial charge in [-0.25, -0.2) is 4.79 Å². The molecule has 0 saturated heterocycles. The van der Waals surface area contributed by atoms with E-state index in [1.807, 2.05) is 36.4 Å². The summed E-state index contributed by atoms with van der Waals surface area (Å²) >= 11 is 6.03. The minimum atomic E-state index is -0.899. The molecule has 0 spiro atoms. The summed E-state index contributed by atoms with van der Waals surface area (Å²) in [5.74, 6) is -0.873. The van der Waals surface area contributed by atoms with Crippen LogP contribution in [0.1, 0.15) is 34.6 Å². The number of alkyl carbamates (subject to hydrolysis) is 1. The van der Waals surface area contributed by atoms with E-state index in [0.29, 0.717) is 23.6 Å².